The number of fused-ring (bicyclic) bond motifs is 1. The molecular formula is C20H23N5O3S. The molecule has 1 fully saturated rings. The molecule has 8 nitrogen and oxygen atoms in total. The lowest BCUT2D eigenvalue weighted by molar-refractivity contribution is -0.117. The topological polar surface area (TPSA) is 114 Å². The molecule has 0 saturated carbocycles. The van der Waals surface area contributed by atoms with Gasteiger partial charge < -0.3 is 15.7 Å². The molecule has 1 aliphatic rings. The van der Waals surface area contributed by atoms with Crippen LogP contribution in [0.5, 0.6) is 0 Å². The maximum atomic E-state index is 12.6. The maximum Gasteiger partial charge on any atom is 0.277 e. The van der Waals surface area contributed by atoms with E-state index in [0.29, 0.717) is 21.3 Å². The molecule has 2 aromatic heterocycles. The van der Waals surface area contributed by atoms with E-state index in [1.165, 1.54) is 28.3 Å². The fraction of sp³-hybridized carbons (Fsp3) is 0.400. The van der Waals surface area contributed by atoms with Crippen LogP contribution >= 0.6 is 11.3 Å². The van der Waals surface area contributed by atoms with Crippen molar-refractivity contribution in [1.82, 2.24) is 14.6 Å². The van der Waals surface area contributed by atoms with Crippen LogP contribution in [0.2, 0.25) is 0 Å². The van der Waals surface area contributed by atoms with E-state index in [-0.39, 0.29) is 30.9 Å². The highest BCUT2D eigenvalue weighted by molar-refractivity contribution is 7.19. The average molecular weight is 414 g/mol. The highest BCUT2D eigenvalue weighted by Crippen LogP contribution is 2.28. The first-order valence-electron chi connectivity index (χ1n) is 9.69. The number of nitrogens with zero attached hydrogens (tertiary/aromatic N) is 4. The molecule has 0 aliphatic carbocycles. The van der Waals surface area contributed by atoms with Crippen molar-refractivity contribution < 1.29 is 9.90 Å². The third kappa shape index (κ3) is 4.21. The summed E-state index contributed by atoms with van der Waals surface area (Å²) in [5, 5.41) is 14.6. The Hall–Kier alpha value is -2.62. The summed E-state index contributed by atoms with van der Waals surface area (Å²) in [4.78, 5) is 31.7. The highest BCUT2D eigenvalue weighted by Gasteiger charge is 2.17. The fourth-order valence-corrected chi connectivity index (χ4v) is 4.47. The van der Waals surface area contributed by atoms with Gasteiger partial charge >= 0.3 is 0 Å². The van der Waals surface area contributed by atoms with Crippen LogP contribution in [-0.2, 0) is 17.8 Å². The van der Waals surface area contributed by atoms with Gasteiger partial charge in [-0.1, -0.05) is 17.4 Å². The molecule has 0 atom stereocenters. The summed E-state index contributed by atoms with van der Waals surface area (Å²) < 4.78 is 1.31. The first-order valence-corrected chi connectivity index (χ1v) is 10.5. The first kappa shape index (κ1) is 19.7. The van der Waals surface area contributed by atoms with Crippen molar-refractivity contribution in [2.45, 2.75) is 32.3 Å². The Balaban J connectivity index is 1.74. The molecule has 9 heteroatoms. The SMILES string of the molecule is NCC(=O)Cc1cc(CO)cc(-c2nn3c(=O)cc(N4CCCCC4)nc3s2)c1. The number of ketones is 1. The third-order valence-corrected chi connectivity index (χ3v) is 5.98. The Kier molecular flexibility index (Phi) is 5.70. The monoisotopic (exact) mass is 413 g/mol. The van der Waals surface area contributed by atoms with Gasteiger partial charge in [-0.2, -0.15) is 9.61 Å². The molecule has 152 valence electrons. The van der Waals surface area contributed by atoms with E-state index in [0.717, 1.165) is 37.1 Å². The Bertz CT molecular complexity index is 1100. The molecule has 1 aliphatic heterocycles. The number of carbonyl (C=O) groups is 1. The molecule has 0 radical (unpaired) electrons. The van der Waals surface area contributed by atoms with E-state index in [2.05, 4.69) is 15.0 Å². The van der Waals surface area contributed by atoms with Crippen LogP contribution < -0.4 is 16.2 Å². The van der Waals surface area contributed by atoms with Gasteiger partial charge in [0, 0.05) is 31.1 Å². The van der Waals surface area contributed by atoms with Gasteiger partial charge in [0.1, 0.15) is 10.8 Å². The first-order chi connectivity index (χ1) is 14.1. The van der Waals surface area contributed by atoms with E-state index >= 15 is 0 Å². The minimum Gasteiger partial charge on any atom is -0.392 e. The molecule has 0 amide bonds. The number of aliphatic hydroxyl groups is 1. The van der Waals surface area contributed by atoms with Crippen molar-refractivity contribution in [1.29, 1.82) is 0 Å². The summed E-state index contributed by atoms with van der Waals surface area (Å²) in [5.74, 6) is 0.614. The van der Waals surface area contributed by atoms with Gasteiger partial charge in [0.2, 0.25) is 4.96 Å². The van der Waals surface area contributed by atoms with Crippen LogP contribution in [0.15, 0.2) is 29.1 Å². The summed E-state index contributed by atoms with van der Waals surface area (Å²) in [6.07, 6.45) is 3.61. The number of Topliss-reactive ketones (excluding diaryl/α,β-unsaturated/α-hetero) is 1. The molecule has 3 heterocycles. The summed E-state index contributed by atoms with van der Waals surface area (Å²) in [7, 11) is 0. The Morgan fingerprint density at radius 2 is 1.90 bits per heavy atom. The van der Waals surface area contributed by atoms with Crippen molar-refractivity contribution >= 4 is 27.9 Å². The standard InChI is InChI=1S/C20H23N5O3S/c21-11-16(27)9-13-6-14(12-26)8-15(7-13)19-23-25-18(28)10-17(22-20(25)29-19)24-4-2-1-3-5-24/h6-8,10,26H,1-5,9,11-12,21H2. The molecule has 0 unspecified atom stereocenters. The highest BCUT2D eigenvalue weighted by atomic mass is 32.1. The molecule has 29 heavy (non-hydrogen) atoms. The summed E-state index contributed by atoms with van der Waals surface area (Å²) in [6, 6.07) is 6.98. The second-order valence-electron chi connectivity index (χ2n) is 7.22. The lowest BCUT2D eigenvalue weighted by Crippen LogP contribution is -2.31. The Morgan fingerprint density at radius 1 is 1.14 bits per heavy atom. The number of nitrogens with two attached hydrogens (primary N) is 1. The fourth-order valence-electron chi connectivity index (χ4n) is 3.58. The largest absolute Gasteiger partial charge is 0.392 e. The molecular weight excluding hydrogens is 390 g/mol. The van der Waals surface area contributed by atoms with Gasteiger partial charge in [0.15, 0.2) is 5.78 Å². The van der Waals surface area contributed by atoms with Gasteiger partial charge in [0.25, 0.3) is 5.56 Å². The quantitative estimate of drug-likeness (QED) is 0.627. The number of anilines is 1. The number of rotatable bonds is 6. The van der Waals surface area contributed by atoms with Crippen molar-refractivity contribution in [2.24, 2.45) is 5.73 Å². The molecule has 3 aromatic rings. The van der Waals surface area contributed by atoms with Crippen LogP contribution in [0.4, 0.5) is 5.82 Å². The number of hydrogen-bond acceptors (Lipinski definition) is 8. The van der Waals surface area contributed by atoms with Gasteiger partial charge in [-0.3, -0.25) is 9.59 Å². The molecule has 4 rings (SSSR count). The number of benzene rings is 1. The van der Waals surface area contributed by atoms with Gasteiger partial charge in [-0.25, -0.2) is 4.98 Å². The third-order valence-electron chi connectivity index (χ3n) is 5.02. The summed E-state index contributed by atoms with van der Waals surface area (Å²) in [5.41, 5.74) is 7.39. The molecule has 0 bridgehead atoms. The molecule has 1 aromatic carbocycles. The van der Waals surface area contributed by atoms with Gasteiger partial charge in [0.05, 0.1) is 13.2 Å². The van der Waals surface area contributed by atoms with Crippen molar-refractivity contribution in [3.05, 3.63) is 45.7 Å². The van der Waals surface area contributed by atoms with Crippen LogP contribution in [-0.4, -0.2) is 45.1 Å². The number of hydrogen-bond donors (Lipinski definition) is 2. The van der Waals surface area contributed by atoms with Crippen molar-refractivity contribution in [3.63, 3.8) is 0 Å². The average Bonchev–Trinajstić information content (AvgIpc) is 3.19. The zero-order chi connectivity index (χ0) is 20.4. The predicted octanol–water partition coefficient (Wildman–Crippen LogP) is 1.37. The summed E-state index contributed by atoms with van der Waals surface area (Å²) >= 11 is 1.32. The number of piperidine rings is 1. The number of aliphatic hydroxyl groups excluding tert-OH is 1. The van der Waals surface area contributed by atoms with Crippen LogP contribution in [0.1, 0.15) is 30.4 Å². The van der Waals surface area contributed by atoms with Crippen molar-refractivity contribution in [2.75, 3.05) is 24.5 Å². The van der Waals surface area contributed by atoms with E-state index in [1.54, 1.807) is 6.07 Å². The number of aromatic nitrogens is 3. The lowest BCUT2D eigenvalue weighted by atomic mass is 10.0. The van der Waals surface area contributed by atoms with Crippen LogP contribution in [0.25, 0.3) is 15.5 Å². The van der Waals surface area contributed by atoms with Crippen molar-refractivity contribution in [3.8, 4) is 10.6 Å². The molecule has 3 N–H and O–H groups in total. The smallest absolute Gasteiger partial charge is 0.277 e. The Labute approximate surface area is 171 Å². The molecule has 0 spiro atoms. The zero-order valence-corrected chi connectivity index (χ0v) is 16.8. The minimum atomic E-state index is -0.213. The Morgan fingerprint density at radius 3 is 2.62 bits per heavy atom. The second-order valence-corrected chi connectivity index (χ2v) is 8.17. The van der Waals surface area contributed by atoms with Gasteiger partial charge in [-0.15, -0.1) is 0 Å². The van der Waals surface area contributed by atoms with Gasteiger partial charge in [-0.05, 0) is 42.5 Å². The van der Waals surface area contributed by atoms with Crippen LogP contribution in [0.3, 0.4) is 0 Å². The van der Waals surface area contributed by atoms with E-state index in [1.807, 2.05) is 12.1 Å². The van der Waals surface area contributed by atoms with E-state index in [4.69, 9.17) is 5.73 Å². The molecule has 1 saturated heterocycles. The minimum absolute atomic E-state index is 0.0294. The lowest BCUT2D eigenvalue weighted by Gasteiger charge is -2.27. The maximum absolute atomic E-state index is 12.6. The van der Waals surface area contributed by atoms with Crippen LogP contribution in [0, 0.1) is 0 Å². The van der Waals surface area contributed by atoms with E-state index in [9.17, 15) is 14.7 Å². The zero-order valence-electron chi connectivity index (χ0n) is 16.0. The normalized spacial score (nSPS) is 14.5. The second kappa shape index (κ2) is 8.40. The summed E-state index contributed by atoms with van der Waals surface area (Å²) in [6.45, 7) is 1.63. The number of carbonyl (C=O) groups excluding carboxylic acids is 1. The predicted molar refractivity (Wildman–Crippen MR) is 112 cm³/mol. The van der Waals surface area contributed by atoms with E-state index < -0.39 is 0 Å².